The summed E-state index contributed by atoms with van der Waals surface area (Å²) in [5.74, 6) is 1.69. The van der Waals surface area contributed by atoms with E-state index in [0.717, 1.165) is 29.2 Å². The van der Waals surface area contributed by atoms with Gasteiger partial charge in [-0.05, 0) is 49.2 Å². The Morgan fingerprint density at radius 2 is 1.85 bits per heavy atom. The molecule has 5 nitrogen and oxygen atoms in total. The highest BCUT2D eigenvalue weighted by Crippen LogP contribution is 2.18. The average Bonchev–Trinajstić information content (AvgIpc) is 3.07. The number of aryl methyl sites for hydroxylation is 1. The van der Waals surface area contributed by atoms with Gasteiger partial charge >= 0.3 is 0 Å². The maximum Gasteiger partial charge on any atom is 0.251 e. The SMILES string of the molecule is COc1ccc([C@H](C)NC(=O)c2ccc(Cn3ccnc3C)cc2)cc1. The molecule has 0 unspecified atom stereocenters. The molecular weight excluding hydrogens is 326 g/mol. The van der Waals surface area contributed by atoms with Crippen LogP contribution in [0.25, 0.3) is 0 Å². The third-order valence-electron chi connectivity index (χ3n) is 4.46. The quantitative estimate of drug-likeness (QED) is 0.737. The second-order valence-electron chi connectivity index (χ2n) is 6.27. The largest absolute Gasteiger partial charge is 0.497 e. The van der Waals surface area contributed by atoms with Crippen molar-refractivity contribution >= 4 is 5.91 Å². The fraction of sp³-hybridized carbons (Fsp3) is 0.238. The summed E-state index contributed by atoms with van der Waals surface area (Å²) in [6.07, 6.45) is 3.74. The Hall–Kier alpha value is -3.08. The highest BCUT2D eigenvalue weighted by Gasteiger charge is 2.11. The van der Waals surface area contributed by atoms with Crippen LogP contribution in [-0.2, 0) is 6.54 Å². The molecular formula is C21H23N3O2. The van der Waals surface area contributed by atoms with Crippen LogP contribution in [-0.4, -0.2) is 22.6 Å². The first kappa shape index (κ1) is 17.7. The molecule has 0 aliphatic heterocycles. The number of carbonyl (C=O) groups is 1. The van der Waals surface area contributed by atoms with Gasteiger partial charge in [0, 0.05) is 24.5 Å². The average molecular weight is 349 g/mol. The standard InChI is InChI=1S/C21H23N3O2/c1-15(18-8-10-20(26-3)11-9-18)23-21(25)19-6-4-17(5-7-19)14-24-13-12-22-16(24)2/h4-13,15H,14H2,1-3H3,(H,23,25)/t15-/m0/s1. The van der Waals surface area contributed by atoms with Crippen molar-refractivity contribution in [2.45, 2.75) is 26.4 Å². The first-order valence-electron chi connectivity index (χ1n) is 8.58. The number of ether oxygens (including phenoxy) is 1. The van der Waals surface area contributed by atoms with E-state index in [1.165, 1.54) is 0 Å². The van der Waals surface area contributed by atoms with Crippen LogP contribution in [0.3, 0.4) is 0 Å². The van der Waals surface area contributed by atoms with Gasteiger partial charge in [-0.25, -0.2) is 4.98 Å². The number of aromatic nitrogens is 2. The minimum atomic E-state index is -0.0846. The zero-order valence-corrected chi connectivity index (χ0v) is 15.3. The molecule has 1 N–H and O–H groups in total. The first-order chi connectivity index (χ1) is 12.6. The molecule has 3 aromatic rings. The third-order valence-corrected chi connectivity index (χ3v) is 4.46. The Balaban J connectivity index is 1.63. The van der Waals surface area contributed by atoms with Crippen LogP contribution < -0.4 is 10.1 Å². The van der Waals surface area contributed by atoms with Gasteiger partial charge in [0.1, 0.15) is 11.6 Å². The Bertz CT molecular complexity index is 867. The maximum absolute atomic E-state index is 12.5. The van der Waals surface area contributed by atoms with Crippen LogP contribution >= 0.6 is 0 Å². The number of rotatable bonds is 6. The Kier molecular flexibility index (Phi) is 5.37. The second-order valence-corrected chi connectivity index (χ2v) is 6.27. The zero-order chi connectivity index (χ0) is 18.5. The number of benzene rings is 2. The molecule has 134 valence electrons. The topological polar surface area (TPSA) is 56.1 Å². The fourth-order valence-electron chi connectivity index (χ4n) is 2.78. The van der Waals surface area contributed by atoms with Gasteiger partial charge in [-0.1, -0.05) is 24.3 Å². The van der Waals surface area contributed by atoms with E-state index in [1.54, 1.807) is 13.3 Å². The summed E-state index contributed by atoms with van der Waals surface area (Å²) >= 11 is 0. The summed E-state index contributed by atoms with van der Waals surface area (Å²) in [5.41, 5.74) is 2.81. The van der Waals surface area contributed by atoms with Gasteiger partial charge in [0.15, 0.2) is 0 Å². The lowest BCUT2D eigenvalue weighted by Gasteiger charge is -2.15. The predicted molar refractivity (Wildman–Crippen MR) is 101 cm³/mol. The van der Waals surface area contributed by atoms with Crippen molar-refractivity contribution in [3.05, 3.63) is 83.4 Å². The molecule has 0 aliphatic rings. The van der Waals surface area contributed by atoms with Gasteiger partial charge in [-0.3, -0.25) is 4.79 Å². The van der Waals surface area contributed by atoms with E-state index in [1.807, 2.05) is 68.6 Å². The van der Waals surface area contributed by atoms with Crippen molar-refractivity contribution in [3.8, 4) is 5.75 Å². The van der Waals surface area contributed by atoms with E-state index in [2.05, 4.69) is 14.9 Å². The molecule has 26 heavy (non-hydrogen) atoms. The number of amides is 1. The van der Waals surface area contributed by atoms with E-state index < -0.39 is 0 Å². The van der Waals surface area contributed by atoms with Gasteiger partial charge in [0.05, 0.1) is 13.2 Å². The molecule has 1 heterocycles. The van der Waals surface area contributed by atoms with Gasteiger partial charge in [-0.15, -0.1) is 0 Å². The van der Waals surface area contributed by atoms with Crippen LogP contribution in [0.4, 0.5) is 0 Å². The Morgan fingerprint density at radius 1 is 1.15 bits per heavy atom. The molecule has 0 saturated carbocycles. The number of methoxy groups -OCH3 is 1. The van der Waals surface area contributed by atoms with Crippen LogP contribution in [0, 0.1) is 6.92 Å². The van der Waals surface area contributed by atoms with Crippen molar-refractivity contribution in [2.24, 2.45) is 0 Å². The van der Waals surface area contributed by atoms with Crippen molar-refractivity contribution in [1.29, 1.82) is 0 Å². The Labute approximate surface area is 153 Å². The summed E-state index contributed by atoms with van der Waals surface area (Å²) in [5, 5.41) is 3.03. The highest BCUT2D eigenvalue weighted by atomic mass is 16.5. The number of nitrogens with one attached hydrogen (secondary N) is 1. The molecule has 1 aromatic heterocycles. The minimum Gasteiger partial charge on any atom is -0.497 e. The molecule has 5 heteroatoms. The lowest BCUT2D eigenvalue weighted by molar-refractivity contribution is 0.0940. The number of carbonyl (C=O) groups excluding carboxylic acids is 1. The van der Waals surface area contributed by atoms with Crippen LogP contribution in [0.15, 0.2) is 60.9 Å². The van der Waals surface area contributed by atoms with E-state index in [0.29, 0.717) is 5.56 Å². The summed E-state index contributed by atoms with van der Waals surface area (Å²) in [7, 11) is 1.64. The van der Waals surface area contributed by atoms with Crippen molar-refractivity contribution < 1.29 is 9.53 Å². The van der Waals surface area contributed by atoms with Gasteiger partial charge in [0.25, 0.3) is 5.91 Å². The van der Waals surface area contributed by atoms with Crippen LogP contribution in [0.2, 0.25) is 0 Å². The molecule has 0 aliphatic carbocycles. The predicted octanol–water partition coefficient (Wildman–Crippen LogP) is 3.74. The third kappa shape index (κ3) is 4.11. The van der Waals surface area contributed by atoms with Crippen molar-refractivity contribution in [1.82, 2.24) is 14.9 Å². The smallest absolute Gasteiger partial charge is 0.251 e. The zero-order valence-electron chi connectivity index (χ0n) is 15.3. The Morgan fingerprint density at radius 3 is 2.42 bits per heavy atom. The van der Waals surface area contributed by atoms with Gasteiger partial charge < -0.3 is 14.6 Å². The van der Waals surface area contributed by atoms with E-state index in [4.69, 9.17) is 4.74 Å². The van der Waals surface area contributed by atoms with Crippen molar-refractivity contribution in [3.63, 3.8) is 0 Å². The first-order valence-corrected chi connectivity index (χ1v) is 8.58. The van der Waals surface area contributed by atoms with Gasteiger partial charge in [0.2, 0.25) is 0 Å². The molecule has 0 bridgehead atoms. The number of hydrogen-bond acceptors (Lipinski definition) is 3. The summed E-state index contributed by atoms with van der Waals surface area (Å²) in [4.78, 5) is 16.7. The van der Waals surface area contributed by atoms with E-state index in [9.17, 15) is 4.79 Å². The lowest BCUT2D eigenvalue weighted by atomic mass is 10.1. The lowest BCUT2D eigenvalue weighted by Crippen LogP contribution is -2.26. The van der Waals surface area contributed by atoms with Crippen molar-refractivity contribution in [2.75, 3.05) is 7.11 Å². The second kappa shape index (κ2) is 7.87. The number of imidazole rings is 1. The number of nitrogens with zero attached hydrogens (tertiary/aromatic N) is 2. The van der Waals surface area contributed by atoms with Crippen LogP contribution in [0.1, 0.15) is 40.3 Å². The summed E-state index contributed by atoms with van der Waals surface area (Å²) < 4.78 is 7.23. The molecule has 3 rings (SSSR count). The molecule has 1 atom stereocenters. The molecule has 0 radical (unpaired) electrons. The molecule has 0 fully saturated rings. The van der Waals surface area contributed by atoms with E-state index >= 15 is 0 Å². The fourth-order valence-corrected chi connectivity index (χ4v) is 2.78. The van der Waals surface area contributed by atoms with E-state index in [-0.39, 0.29) is 11.9 Å². The molecule has 2 aromatic carbocycles. The summed E-state index contributed by atoms with van der Waals surface area (Å²) in [6.45, 7) is 4.69. The number of hydrogen-bond donors (Lipinski definition) is 1. The monoisotopic (exact) mass is 349 g/mol. The normalized spacial score (nSPS) is 11.8. The minimum absolute atomic E-state index is 0.0818. The molecule has 0 spiro atoms. The maximum atomic E-state index is 12.5. The molecule has 0 saturated heterocycles. The van der Waals surface area contributed by atoms with Gasteiger partial charge in [-0.2, -0.15) is 0 Å². The molecule has 1 amide bonds. The van der Waals surface area contributed by atoms with Crippen LogP contribution in [0.5, 0.6) is 5.75 Å². The summed E-state index contributed by atoms with van der Waals surface area (Å²) in [6, 6.07) is 15.3. The highest BCUT2D eigenvalue weighted by molar-refractivity contribution is 5.94.